The SMILES string of the molecule is CN(OCC(=O)O)C(=O)c1ccc(CNC(=O)OCC2c3ccccc3-c3ccccc32)o1. The molecule has 2 amide bonds. The second-order valence-electron chi connectivity index (χ2n) is 7.41. The zero-order chi connectivity index (χ0) is 23.4. The van der Waals surface area contributed by atoms with Crippen LogP contribution >= 0.6 is 0 Å². The molecular formula is C24H22N2O7. The van der Waals surface area contributed by atoms with Gasteiger partial charge in [0, 0.05) is 13.0 Å². The summed E-state index contributed by atoms with van der Waals surface area (Å²) in [6, 6.07) is 19.1. The fourth-order valence-electron chi connectivity index (χ4n) is 3.76. The van der Waals surface area contributed by atoms with Gasteiger partial charge in [-0.15, -0.1) is 0 Å². The lowest BCUT2D eigenvalue weighted by Gasteiger charge is -2.14. The molecule has 0 bridgehead atoms. The van der Waals surface area contributed by atoms with Gasteiger partial charge in [0.1, 0.15) is 12.4 Å². The van der Waals surface area contributed by atoms with Gasteiger partial charge in [0.15, 0.2) is 12.4 Å². The van der Waals surface area contributed by atoms with Gasteiger partial charge in [-0.1, -0.05) is 48.5 Å². The molecule has 1 heterocycles. The van der Waals surface area contributed by atoms with E-state index in [0.717, 1.165) is 27.3 Å². The van der Waals surface area contributed by atoms with Crippen LogP contribution in [0.3, 0.4) is 0 Å². The molecule has 9 nitrogen and oxygen atoms in total. The number of fused-ring (bicyclic) bond motifs is 3. The van der Waals surface area contributed by atoms with Crippen molar-refractivity contribution in [2.24, 2.45) is 0 Å². The normalized spacial score (nSPS) is 12.0. The van der Waals surface area contributed by atoms with Crippen LogP contribution in [0.5, 0.6) is 0 Å². The molecule has 1 aliphatic carbocycles. The molecule has 0 atom stereocenters. The lowest BCUT2D eigenvalue weighted by Crippen LogP contribution is -2.29. The van der Waals surface area contributed by atoms with Gasteiger partial charge in [0.25, 0.3) is 0 Å². The molecule has 33 heavy (non-hydrogen) atoms. The molecule has 2 N–H and O–H groups in total. The molecule has 1 aliphatic rings. The van der Waals surface area contributed by atoms with Crippen LogP contribution in [0.15, 0.2) is 65.1 Å². The predicted molar refractivity (Wildman–Crippen MR) is 116 cm³/mol. The van der Waals surface area contributed by atoms with E-state index in [4.69, 9.17) is 19.1 Å². The molecule has 3 aromatic rings. The number of alkyl carbamates (subject to hydrolysis) is 1. The first-order valence-electron chi connectivity index (χ1n) is 10.2. The standard InChI is InChI=1S/C24H22N2O7/c1-26(32-14-22(27)28)23(29)21-11-10-15(33-21)12-25-24(30)31-13-20-18-8-4-2-6-16(18)17-7-3-5-9-19(17)20/h2-11,20H,12-14H2,1H3,(H,25,30)(H,27,28). The molecule has 0 spiro atoms. The largest absolute Gasteiger partial charge is 0.479 e. The Balaban J connectivity index is 1.30. The minimum absolute atomic E-state index is 0.0175. The van der Waals surface area contributed by atoms with Gasteiger partial charge in [-0.2, -0.15) is 0 Å². The Morgan fingerprint density at radius 3 is 2.27 bits per heavy atom. The van der Waals surface area contributed by atoms with Crippen molar-refractivity contribution in [3.63, 3.8) is 0 Å². The van der Waals surface area contributed by atoms with Crippen molar-refractivity contribution in [2.45, 2.75) is 12.5 Å². The third kappa shape index (κ3) is 4.88. The van der Waals surface area contributed by atoms with Crippen molar-refractivity contribution < 1.29 is 33.5 Å². The van der Waals surface area contributed by atoms with Crippen LogP contribution in [0.25, 0.3) is 11.1 Å². The monoisotopic (exact) mass is 450 g/mol. The Morgan fingerprint density at radius 2 is 1.64 bits per heavy atom. The Kier molecular flexibility index (Phi) is 6.41. The second-order valence-corrected chi connectivity index (χ2v) is 7.41. The number of furan rings is 1. The van der Waals surface area contributed by atoms with E-state index in [1.807, 2.05) is 36.4 Å². The smallest absolute Gasteiger partial charge is 0.407 e. The summed E-state index contributed by atoms with van der Waals surface area (Å²) in [6.45, 7) is -0.448. The van der Waals surface area contributed by atoms with Gasteiger partial charge in [-0.25, -0.2) is 14.7 Å². The molecule has 0 saturated carbocycles. The van der Waals surface area contributed by atoms with Gasteiger partial charge in [-0.05, 0) is 34.4 Å². The first-order chi connectivity index (χ1) is 15.9. The number of rotatable bonds is 8. The molecule has 2 aromatic carbocycles. The molecule has 4 rings (SSSR count). The number of ether oxygens (including phenoxy) is 1. The van der Waals surface area contributed by atoms with E-state index in [1.54, 1.807) is 0 Å². The van der Waals surface area contributed by atoms with Crippen LogP contribution < -0.4 is 5.32 Å². The molecule has 0 radical (unpaired) electrons. The first-order valence-corrected chi connectivity index (χ1v) is 10.2. The highest BCUT2D eigenvalue weighted by Crippen LogP contribution is 2.44. The third-order valence-corrected chi connectivity index (χ3v) is 5.29. The van der Waals surface area contributed by atoms with Crippen LogP contribution in [-0.4, -0.2) is 48.4 Å². The third-order valence-electron chi connectivity index (χ3n) is 5.29. The highest BCUT2D eigenvalue weighted by Gasteiger charge is 2.29. The van der Waals surface area contributed by atoms with Crippen LogP contribution in [0.4, 0.5) is 4.79 Å². The second kappa shape index (κ2) is 9.58. The maximum absolute atomic E-state index is 12.3. The number of carbonyl (C=O) groups excluding carboxylic acids is 2. The molecule has 170 valence electrons. The van der Waals surface area contributed by atoms with E-state index >= 15 is 0 Å². The summed E-state index contributed by atoms with van der Waals surface area (Å²) in [5.41, 5.74) is 4.53. The minimum atomic E-state index is -1.21. The van der Waals surface area contributed by atoms with Gasteiger partial charge >= 0.3 is 18.0 Å². The Labute approximate surface area is 189 Å². The summed E-state index contributed by atoms with van der Waals surface area (Å²) in [5.74, 6) is -1.62. The van der Waals surface area contributed by atoms with E-state index in [2.05, 4.69) is 17.4 Å². The van der Waals surface area contributed by atoms with E-state index in [9.17, 15) is 14.4 Å². The molecule has 0 unspecified atom stereocenters. The van der Waals surface area contributed by atoms with Crippen molar-refractivity contribution in [3.8, 4) is 11.1 Å². The van der Waals surface area contributed by atoms with Gasteiger partial charge < -0.3 is 19.6 Å². The fourth-order valence-corrected chi connectivity index (χ4v) is 3.76. The zero-order valence-electron chi connectivity index (χ0n) is 17.8. The van der Waals surface area contributed by atoms with Crippen molar-refractivity contribution in [1.29, 1.82) is 0 Å². The molecule has 9 heteroatoms. The fraction of sp³-hybridized carbons (Fsp3) is 0.208. The lowest BCUT2D eigenvalue weighted by molar-refractivity contribution is -0.159. The number of nitrogens with one attached hydrogen (secondary N) is 1. The number of carboxylic acids is 1. The maximum Gasteiger partial charge on any atom is 0.407 e. The van der Waals surface area contributed by atoms with E-state index in [0.29, 0.717) is 5.76 Å². The van der Waals surface area contributed by atoms with Crippen LogP contribution in [0, 0.1) is 0 Å². The molecule has 0 aliphatic heterocycles. The number of carbonyl (C=O) groups is 3. The molecule has 1 aromatic heterocycles. The average Bonchev–Trinajstić information content (AvgIpc) is 3.42. The Bertz CT molecular complexity index is 1140. The first kappa shape index (κ1) is 22.1. The average molecular weight is 450 g/mol. The Hall–Kier alpha value is -4.11. The van der Waals surface area contributed by atoms with E-state index < -0.39 is 24.6 Å². The number of hydrogen-bond donors (Lipinski definition) is 2. The topological polar surface area (TPSA) is 118 Å². The quantitative estimate of drug-likeness (QED) is 0.505. The Morgan fingerprint density at radius 1 is 1.00 bits per heavy atom. The number of hydrogen-bond acceptors (Lipinski definition) is 6. The molecule has 0 saturated heterocycles. The number of nitrogens with zero attached hydrogens (tertiary/aromatic N) is 1. The maximum atomic E-state index is 12.3. The number of carboxylic acid groups (broad SMARTS) is 1. The molecule has 0 fully saturated rings. The van der Waals surface area contributed by atoms with Crippen LogP contribution in [0.2, 0.25) is 0 Å². The zero-order valence-corrected chi connectivity index (χ0v) is 17.8. The number of aliphatic carboxylic acids is 1. The van der Waals surface area contributed by atoms with Crippen molar-refractivity contribution in [2.75, 3.05) is 20.3 Å². The number of amides is 2. The highest BCUT2D eigenvalue weighted by molar-refractivity contribution is 5.90. The summed E-state index contributed by atoms with van der Waals surface area (Å²) in [7, 11) is 1.28. The van der Waals surface area contributed by atoms with Crippen molar-refractivity contribution in [1.82, 2.24) is 10.4 Å². The van der Waals surface area contributed by atoms with Gasteiger partial charge in [-0.3, -0.25) is 9.63 Å². The van der Waals surface area contributed by atoms with Crippen molar-refractivity contribution >= 4 is 18.0 Å². The van der Waals surface area contributed by atoms with Crippen molar-refractivity contribution in [3.05, 3.63) is 83.3 Å². The number of hydroxylamine groups is 2. The highest BCUT2D eigenvalue weighted by atomic mass is 16.7. The van der Waals surface area contributed by atoms with Crippen LogP contribution in [0.1, 0.15) is 33.4 Å². The summed E-state index contributed by atoms with van der Waals surface area (Å²) in [5, 5.41) is 12.0. The summed E-state index contributed by atoms with van der Waals surface area (Å²) in [6.07, 6.45) is -0.608. The summed E-state index contributed by atoms with van der Waals surface area (Å²) >= 11 is 0. The van der Waals surface area contributed by atoms with Gasteiger partial charge in [0.05, 0.1) is 6.54 Å². The van der Waals surface area contributed by atoms with Crippen LogP contribution in [-0.2, 0) is 20.9 Å². The minimum Gasteiger partial charge on any atom is -0.479 e. The lowest BCUT2D eigenvalue weighted by atomic mass is 9.98. The summed E-state index contributed by atoms with van der Waals surface area (Å²) < 4.78 is 10.9. The van der Waals surface area contributed by atoms with E-state index in [1.165, 1.54) is 19.2 Å². The van der Waals surface area contributed by atoms with Gasteiger partial charge in [0.2, 0.25) is 0 Å². The summed E-state index contributed by atoms with van der Waals surface area (Å²) in [4.78, 5) is 39.8. The van der Waals surface area contributed by atoms with E-state index in [-0.39, 0.29) is 24.8 Å². The molecular weight excluding hydrogens is 428 g/mol. The predicted octanol–water partition coefficient (Wildman–Crippen LogP) is 3.41. The number of benzene rings is 2.